The van der Waals surface area contributed by atoms with Crippen molar-refractivity contribution in [3.8, 4) is 5.75 Å². The van der Waals surface area contributed by atoms with Crippen molar-refractivity contribution in [3.05, 3.63) is 28.2 Å². The molecule has 1 heterocycles. The minimum absolute atomic E-state index is 0.226. The fraction of sp³-hybridized carbons (Fsp3) is 0.538. The average Bonchev–Trinajstić information content (AvgIpc) is 2.81. The van der Waals surface area contributed by atoms with Gasteiger partial charge >= 0.3 is 0 Å². The zero-order valence-electron chi connectivity index (χ0n) is 9.88. The summed E-state index contributed by atoms with van der Waals surface area (Å²) in [6.45, 7) is 4.26. The first-order valence-corrected chi connectivity index (χ1v) is 6.78. The van der Waals surface area contributed by atoms with Crippen molar-refractivity contribution < 1.29 is 4.74 Å². The molecule has 1 N–H and O–H groups in total. The molecular formula is C13H17Cl2NO. The number of benzene rings is 1. The number of rotatable bonds is 4. The highest BCUT2D eigenvalue weighted by molar-refractivity contribution is 6.35. The number of halogens is 2. The zero-order chi connectivity index (χ0) is 12.3. The SMILES string of the molecule is CCC(Oc1ccc(Cl)cc1Cl)C1CCNC1. The normalized spacial score (nSPS) is 21.5. The van der Waals surface area contributed by atoms with Gasteiger partial charge < -0.3 is 10.1 Å². The summed E-state index contributed by atoms with van der Waals surface area (Å²) in [5.41, 5.74) is 0. The largest absolute Gasteiger partial charge is 0.489 e. The number of nitrogens with one attached hydrogen (secondary N) is 1. The van der Waals surface area contributed by atoms with Gasteiger partial charge in [-0.2, -0.15) is 0 Å². The maximum atomic E-state index is 6.11. The van der Waals surface area contributed by atoms with Crippen LogP contribution < -0.4 is 10.1 Å². The van der Waals surface area contributed by atoms with Crippen molar-refractivity contribution in [3.63, 3.8) is 0 Å². The van der Waals surface area contributed by atoms with E-state index >= 15 is 0 Å². The molecule has 0 saturated carbocycles. The molecule has 17 heavy (non-hydrogen) atoms. The lowest BCUT2D eigenvalue weighted by molar-refractivity contribution is 0.138. The molecular weight excluding hydrogens is 257 g/mol. The number of hydrogen-bond donors (Lipinski definition) is 1. The third-order valence-electron chi connectivity index (χ3n) is 3.20. The lowest BCUT2D eigenvalue weighted by Crippen LogP contribution is -2.28. The fourth-order valence-corrected chi connectivity index (χ4v) is 2.69. The van der Waals surface area contributed by atoms with E-state index in [1.807, 2.05) is 12.1 Å². The summed E-state index contributed by atoms with van der Waals surface area (Å²) in [6.07, 6.45) is 2.39. The Labute approximate surface area is 112 Å². The Bertz CT molecular complexity index is 378. The molecule has 0 spiro atoms. The monoisotopic (exact) mass is 273 g/mol. The van der Waals surface area contributed by atoms with Gasteiger partial charge in [-0.25, -0.2) is 0 Å². The van der Waals surface area contributed by atoms with Crippen molar-refractivity contribution in [2.75, 3.05) is 13.1 Å². The molecule has 0 radical (unpaired) electrons. The molecule has 1 aromatic rings. The van der Waals surface area contributed by atoms with Crippen LogP contribution >= 0.6 is 23.2 Å². The Morgan fingerprint density at radius 1 is 1.47 bits per heavy atom. The molecule has 1 saturated heterocycles. The second kappa shape index (κ2) is 5.94. The van der Waals surface area contributed by atoms with Gasteiger partial charge in [-0.1, -0.05) is 30.1 Å². The lowest BCUT2D eigenvalue weighted by atomic mass is 9.99. The summed E-state index contributed by atoms with van der Waals surface area (Å²) in [5, 5.41) is 4.58. The Morgan fingerprint density at radius 3 is 2.88 bits per heavy atom. The van der Waals surface area contributed by atoms with Crippen LogP contribution in [0.4, 0.5) is 0 Å². The molecule has 1 fully saturated rings. The highest BCUT2D eigenvalue weighted by Crippen LogP contribution is 2.30. The van der Waals surface area contributed by atoms with Gasteiger partial charge in [-0.15, -0.1) is 0 Å². The molecule has 0 aliphatic carbocycles. The van der Waals surface area contributed by atoms with Gasteiger partial charge in [-0.05, 0) is 37.6 Å². The van der Waals surface area contributed by atoms with E-state index in [2.05, 4.69) is 12.2 Å². The van der Waals surface area contributed by atoms with Crippen LogP contribution in [-0.2, 0) is 0 Å². The topological polar surface area (TPSA) is 21.3 Å². The van der Waals surface area contributed by atoms with Crippen LogP contribution in [0.5, 0.6) is 5.75 Å². The summed E-state index contributed by atoms with van der Waals surface area (Å²) in [6, 6.07) is 5.37. The molecule has 2 rings (SSSR count). The first-order chi connectivity index (χ1) is 8.20. The Morgan fingerprint density at radius 2 is 2.29 bits per heavy atom. The zero-order valence-corrected chi connectivity index (χ0v) is 11.4. The molecule has 1 aromatic carbocycles. The molecule has 0 aromatic heterocycles. The molecule has 1 aliphatic heterocycles. The Kier molecular flexibility index (Phi) is 4.55. The van der Waals surface area contributed by atoms with Gasteiger partial charge in [-0.3, -0.25) is 0 Å². The van der Waals surface area contributed by atoms with E-state index < -0.39 is 0 Å². The maximum absolute atomic E-state index is 6.11. The minimum Gasteiger partial charge on any atom is -0.489 e. The van der Waals surface area contributed by atoms with E-state index in [1.165, 1.54) is 6.42 Å². The third-order valence-corrected chi connectivity index (χ3v) is 3.73. The van der Waals surface area contributed by atoms with E-state index in [1.54, 1.807) is 6.07 Å². The van der Waals surface area contributed by atoms with Crippen LogP contribution in [0.25, 0.3) is 0 Å². The molecule has 2 unspecified atom stereocenters. The maximum Gasteiger partial charge on any atom is 0.138 e. The molecule has 1 aliphatic rings. The van der Waals surface area contributed by atoms with Gasteiger partial charge in [0.05, 0.1) is 5.02 Å². The summed E-state index contributed by atoms with van der Waals surface area (Å²) in [4.78, 5) is 0. The summed E-state index contributed by atoms with van der Waals surface area (Å²) < 4.78 is 6.00. The summed E-state index contributed by atoms with van der Waals surface area (Å²) in [5.74, 6) is 1.31. The summed E-state index contributed by atoms with van der Waals surface area (Å²) in [7, 11) is 0. The van der Waals surface area contributed by atoms with Gasteiger partial charge in [0, 0.05) is 17.5 Å². The number of ether oxygens (including phenoxy) is 1. The van der Waals surface area contributed by atoms with Crippen LogP contribution in [-0.4, -0.2) is 19.2 Å². The van der Waals surface area contributed by atoms with Crippen molar-refractivity contribution >= 4 is 23.2 Å². The van der Waals surface area contributed by atoms with E-state index in [-0.39, 0.29) is 6.10 Å². The molecule has 0 bridgehead atoms. The van der Waals surface area contributed by atoms with Gasteiger partial charge in [0.25, 0.3) is 0 Å². The van der Waals surface area contributed by atoms with E-state index in [4.69, 9.17) is 27.9 Å². The molecule has 0 amide bonds. The highest BCUT2D eigenvalue weighted by atomic mass is 35.5. The van der Waals surface area contributed by atoms with Crippen molar-refractivity contribution in [1.82, 2.24) is 5.32 Å². The average molecular weight is 274 g/mol. The predicted molar refractivity (Wildman–Crippen MR) is 72.1 cm³/mol. The number of hydrogen-bond acceptors (Lipinski definition) is 2. The fourth-order valence-electron chi connectivity index (χ4n) is 2.24. The van der Waals surface area contributed by atoms with Crippen LogP contribution in [0.15, 0.2) is 18.2 Å². The van der Waals surface area contributed by atoms with Crippen molar-refractivity contribution in [1.29, 1.82) is 0 Å². The van der Waals surface area contributed by atoms with E-state index in [0.717, 1.165) is 25.3 Å². The van der Waals surface area contributed by atoms with Gasteiger partial charge in [0.2, 0.25) is 0 Å². The quantitative estimate of drug-likeness (QED) is 0.902. The molecule has 2 nitrogen and oxygen atoms in total. The smallest absolute Gasteiger partial charge is 0.138 e. The first-order valence-electron chi connectivity index (χ1n) is 6.03. The van der Waals surface area contributed by atoms with Crippen LogP contribution in [0.1, 0.15) is 19.8 Å². The van der Waals surface area contributed by atoms with E-state index in [0.29, 0.717) is 16.0 Å². The molecule has 94 valence electrons. The predicted octanol–water partition coefficient (Wildman–Crippen LogP) is 3.76. The van der Waals surface area contributed by atoms with Crippen LogP contribution in [0.3, 0.4) is 0 Å². The Hall–Kier alpha value is -0.440. The lowest BCUT2D eigenvalue weighted by Gasteiger charge is -2.23. The van der Waals surface area contributed by atoms with Gasteiger partial charge in [0.15, 0.2) is 0 Å². The van der Waals surface area contributed by atoms with Crippen LogP contribution in [0, 0.1) is 5.92 Å². The van der Waals surface area contributed by atoms with Crippen molar-refractivity contribution in [2.24, 2.45) is 5.92 Å². The van der Waals surface area contributed by atoms with Gasteiger partial charge in [0.1, 0.15) is 11.9 Å². The van der Waals surface area contributed by atoms with E-state index in [9.17, 15) is 0 Å². The first kappa shape index (κ1) is 13.0. The summed E-state index contributed by atoms with van der Waals surface area (Å²) >= 11 is 12.0. The molecule has 2 atom stereocenters. The van der Waals surface area contributed by atoms with Crippen molar-refractivity contribution in [2.45, 2.75) is 25.9 Å². The second-order valence-electron chi connectivity index (χ2n) is 4.39. The van der Waals surface area contributed by atoms with Crippen LogP contribution in [0.2, 0.25) is 10.0 Å². The standard InChI is InChI=1S/C13H17Cl2NO/c1-2-12(9-5-6-16-8-9)17-13-4-3-10(14)7-11(13)15/h3-4,7,9,12,16H,2,5-6,8H2,1H3. The highest BCUT2D eigenvalue weighted by Gasteiger charge is 2.25. The second-order valence-corrected chi connectivity index (χ2v) is 5.24. The molecule has 4 heteroatoms. The Balaban J connectivity index is 2.06. The third kappa shape index (κ3) is 3.27. The minimum atomic E-state index is 0.226.